The van der Waals surface area contributed by atoms with E-state index in [0.29, 0.717) is 15.9 Å². The Kier molecular flexibility index (Phi) is 3.48. The fourth-order valence-electron chi connectivity index (χ4n) is 1.69. The Balaban J connectivity index is 2.42. The minimum atomic E-state index is -0.687. The Labute approximate surface area is 114 Å². The van der Waals surface area contributed by atoms with Crippen LogP contribution in [0.2, 0.25) is 5.02 Å². The van der Waals surface area contributed by atoms with Crippen molar-refractivity contribution in [2.24, 2.45) is 5.92 Å². The number of fused-ring (bicyclic) bond motifs is 1. The maximum atomic E-state index is 12.0. The molecule has 5 nitrogen and oxygen atoms in total. The number of nitrogens with zero attached hydrogens (tertiary/aromatic N) is 1. The number of nitrogens with one attached hydrogen (secondary N) is 1. The number of imide groups is 1. The van der Waals surface area contributed by atoms with Crippen LogP contribution >= 0.6 is 11.6 Å². The summed E-state index contributed by atoms with van der Waals surface area (Å²) in [6.45, 7) is 3.35. The molecule has 100 valence electrons. The van der Waals surface area contributed by atoms with Gasteiger partial charge in [-0.15, -0.1) is 0 Å². The van der Waals surface area contributed by atoms with Crippen LogP contribution in [-0.4, -0.2) is 21.6 Å². The smallest absolute Gasteiger partial charge is 0.335 e. The van der Waals surface area contributed by atoms with Crippen LogP contribution in [0.25, 0.3) is 10.9 Å². The number of aromatic hydroxyl groups is 1. The first-order chi connectivity index (χ1) is 8.90. The van der Waals surface area contributed by atoms with Crippen molar-refractivity contribution < 1.29 is 14.7 Å². The summed E-state index contributed by atoms with van der Waals surface area (Å²) < 4.78 is 1.03. The Morgan fingerprint density at radius 2 is 2.00 bits per heavy atom. The van der Waals surface area contributed by atoms with Gasteiger partial charge in [-0.05, 0) is 18.2 Å². The van der Waals surface area contributed by atoms with E-state index < -0.39 is 11.9 Å². The van der Waals surface area contributed by atoms with Crippen molar-refractivity contribution >= 4 is 34.4 Å². The van der Waals surface area contributed by atoms with Gasteiger partial charge < -0.3 is 5.11 Å². The summed E-state index contributed by atoms with van der Waals surface area (Å²) in [7, 11) is 0. The topological polar surface area (TPSA) is 71.3 Å². The zero-order chi connectivity index (χ0) is 14.2. The number of amides is 2. The van der Waals surface area contributed by atoms with Gasteiger partial charge in [0.25, 0.3) is 0 Å². The summed E-state index contributed by atoms with van der Waals surface area (Å²) in [6, 6.07) is 5.58. The molecule has 2 N–H and O–H groups in total. The minimum Gasteiger partial charge on any atom is -0.494 e. The number of carbonyl (C=O) groups is 2. The van der Waals surface area contributed by atoms with Crippen LogP contribution in [0.15, 0.2) is 24.3 Å². The molecule has 1 heterocycles. The predicted molar refractivity (Wildman–Crippen MR) is 72.4 cm³/mol. The van der Waals surface area contributed by atoms with Crippen molar-refractivity contribution in [2.75, 3.05) is 0 Å². The van der Waals surface area contributed by atoms with Gasteiger partial charge in [0.15, 0.2) is 5.88 Å². The molecule has 0 fully saturated rings. The molecule has 0 bridgehead atoms. The summed E-state index contributed by atoms with van der Waals surface area (Å²) in [5, 5.41) is 13.1. The molecule has 0 atom stereocenters. The monoisotopic (exact) mass is 280 g/mol. The SMILES string of the molecule is CC(C)C(=O)NC(=O)n1c(O)cc2cc(Cl)ccc21. The summed E-state index contributed by atoms with van der Waals surface area (Å²) in [5.41, 5.74) is 0.482. The quantitative estimate of drug-likeness (QED) is 0.844. The van der Waals surface area contributed by atoms with E-state index in [-0.39, 0.29) is 11.8 Å². The molecule has 2 rings (SSSR count). The minimum absolute atomic E-state index is 0.244. The van der Waals surface area contributed by atoms with Crippen LogP contribution in [0.1, 0.15) is 13.8 Å². The molecule has 0 unspecified atom stereocenters. The molecule has 0 spiro atoms. The third-order valence-electron chi connectivity index (χ3n) is 2.70. The zero-order valence-corrected chi connectivity index (χ0v) is 11.2. The van der Waals surface area contributed by atoms with E-state index >= 15 is 0 Å². The highest BCUT2D eigenvalue weighted by Gasteiger charge is 2.18. The van der Waals surface area contributed by atoms with Crippen molar-refractivity contribution in [1.29, 1.82) is 0 Å². The number of hydrogen-bond acceptors (Lipinski definition) is 3. The Morgan fingerprint density at radius 3 is 2.63 bits per heavy atom. The predicted octanol–water partition coefficient (Wildman–Crippen LogP) is 2.74. The standard InChI is InChI=1S/C13H13ClN2O3/c1-7(2)12(18)15-13(19)16-10-4-3-9(14)5-8(10)6-11(16)17/h3-7,17H,1-2H3,(H,15,18,19). The van der Waals surface area contributed by atoms with Crippen LogP contribution in [0.5, 0.6) is 5.88 Å². The van der Waals surface area contributed by atoms with Gasteiger partial charge in [0.05, 0.1) is 5.52 Å². The lowest BCUT2D eigenvalue weighted by Gasteiger charge is -2.08. The number of halogens is 1. The molecule has 0 radical (unpaired) electrons. The Bertz CT molecular complexity index is 661. The van der Waals surface area contributed by atoms with Crippen molar-refractivity contribution in [3.05, 3.63) is 29.3 Å². The van der Waals surface area contributed by atoms with Gasteiger partial charge in [0.2, 0.25) is 5.91 Å². The van der Waals surface area contributed by atoms with Crippen LogP contribution in [-0.2, 0) is 4.79 Å². The highest BCUT2D eigenvalue weighted by molar-refractivity contribution is 6.31. The van der Waals surface area contributed by atoms with Crippen molar-refractivity contribution in [2.45, 2.75) is 13.8 Å². The van der Waals surface area contributed by atoms with Crippen molar-refractivity contribution in [3.63, 3.8) is 0 Å². The van der Waals surface area contributed by atoms with Crippen LogP contribution in [0.3, 0.4) is 0 Å². The van der Waals surface area contributed by atoms with E-state index in [0.717, 1.165) is 4.57 Å². The summed E-state index contributed by atoms with van der Waals surface area (Å²) in [4.78, 5) is 23.5. The van der Waals surface area contributed by atoms with E-state index in [2.05, 4.69) is 5.32 Å². The fourth-order valence-corrected chi connectivity index (χ4v) is 1.87. The maximum absolute atomic E-state index is 12.0. The first-order valence-corrected chi connectivity index (χ1v) is 6.13. The average Bonchev–Trinajstić information content (AvgIpc) is 2.63. The number of hydrogen-bond donors (Lipinski definition) is 2. The summed E-state index contributed by atoms with van der Waals surface area (Å²) >= 11 is 5.84. The zero-order valence-electron chi connectivity index (χ0n) is 10.5. The molecule has 2 aromatic rings. The van der Waals surface area contributed by atoms with E-state index in [1.165, 1.54) is 6.07 Å². The maximum Gasteiger partial charge on any atom is 0.335 e. The molecular weight excluding hydrogens is 268 g/mol. The first kappa shape index (κ1) is 13.4. The van der Waals surface area contributed by atoms with Gasteiger partial charge in [-0.2, -0.15) is 0 Å². The highest BCUT2D eigenvalue weighted by Crippen LogP contribution is 2.26. The Hall–Kier alpha value is -2.01. The second-order valence-corrected chi connectivity index (χ2v) is 4.93. The van der Waals surface area contributed by atoms with Crippen LogP contribution in [0, 0.1) is 5.92 Å². The second kappa shape index (κ2) is 4.93. The molecular formula is C13H13ClN2O3. The normalized spacial score (nSPS) is 10.9. The van der Waals surface area contributed by atoms with E-state index in [9.17, 15) is 14.7 Å². The van der Waals surface area contributed by atoms with Crippen LogP contribution in [0.4, 0.5) is 4.79 Å². The van der Waals surface area contributed by atoms with E-state index in [1.807, 2.05) is 0 Å². The average molecular weight is 281 g/mol. The van der Waals surface area contributed by atoms with Gasteiger partial charge in [-0.1, -0.05) is 25.4 Å². The van der Waals surface area contributed by atoms with Gasteiger partial charge in [0.1, 0.15) is 0 Å². The number of rotatable bonds is 1. The molecule has 6 heteroatoms. The van der Waals surface area contributed by atoms with E-state index in [1.54, 1.807) is 32.0 Å². The summed E-state index contributed by atoms with van der Waals surface area (Å²) in [6.07, 6.45) is 0. The third-order valence-corrected chi connectivity index (χ3v) is 2.94. The fraction of sp³-hybridized carbons (Fsp3) is 0.231. The number of benzene rings is 1. The van der Waals surface area contributed by atoms with Gasteiger partial charge in [0, 0.05) is 22.4 Å². The lowest BCUT2D eigenvalue weighted by Crippen LogP contribution is -2.36. The first-order valence-electron chi connectivity index (χ1n) is 5.75. The largest absolute Gasteiger partial charge is 0.494 e. The highest BCUT2D eigenvalue weighted by atomic mass is 35.5. The lowest BCUT2D eigenvalue weighted by atomic mass is 10.2. The molecule has 0 aliphatic rings. The van der Waals surface area contributed by atoms with Gasteiger partial charge in [-0.25, -0.2) is 9.36 Å². The van der Waals surface area contributed by atoms with Crippen LogP contribution < -0.4 is 5.32 Å². The second-order valence-electron chi connectivity index (χ2n) is 4.49. The molecule has 0 aliphatic heterocycles. The van der Waals surface area contributed by atoms with Crippen molar-refractivity contribution in [1.82, 2.24) is 9.88 Å². The molecule has 0 aliphatic carbocycles. The number of aromatic nitrogens is 1. The molecule has 19 heavy (non-hydrogen) atoms. The summed E-state index contributed by atoms with van der Waals surface area (Å²) in [5.74, 6) is -0.964. The molecule has 1 aromatic carbocycles. The molecule has 1 aromatic heterocycles. The molecule has 0 saturated heterocycles. The van der Waals surface area contributed by atoms with Crippen molar-refractivity contribution in [3.8, 4) is 5.88 Å². The third kappa shape index (κ3) is 2.56. The Morgan fingerprint density at radius 1 is 1.32 bits per heavy atom. The lowest BCUT2D eigenvalue weighted by molar-refractivity contribution is -0.122. The van der Waals surface area contributed by atoms with Gasteiger partial charge in [-0.3, -0.25) is 10.1 Å². The van der Waals surface area contributed by atoms with Gasteiger partial charge >= 0.3 is 6.03 Å². The molecule has 2 amide bonds. The molecule has 0 saturated carbocycles. The number of carbonyl (C=O) groups excluding carboxylic acids is 2. The van der Waals surface area contributed by atoms with E-state index in [4.69, 9.17) is 11.6 Å².